The highest BCUT2D eigenvalue weighted by Gasteiger charge is 2.12. The fourth-order valence-electron chi connectivity index (χ4n) is 2.53. The van der Waals surface area contributed by atoms with Gasteiger partial charge in [-0.1, -0.05) is 29.8 Å². The summed E-state index contributed by atoms with van der Waals surface area (Å²) in [6, 6.07) is 15.1. The van der Waals surface area contributed by atoms with Gasteiger partial charge in [-0.25, -0.2) is 9.37 Å². The number of hydrogen-bond donors (Lipinski definition) is 2. The first-order valence-electron chi connectivity index (χ1n) is 8.57. The number of nitrogens with zero attached hydrogens (tertiary/aromatic N) is 1. The minimum absolute atomic E-state index is 0.221. The third-order valence-electron chi connectivity index (χ3n) is 4.16. The van der Waals surface area contributed by atoms with Gasteiger partial charge in [0, 0.05) is 12.1 Å². The van der Waals surface area contributed by atoms with E-state index in [2.05, 4.69) is 15.6 Å². The smallest absolute Gasteiger partial charge is 0.255 e. The summed E-state index contributed by atoms with van der Waals surface area (Å²) in [4.78, 5) is 16.7. The van der Waals surface area contributed by atoms with Gasteiger partial charge < -0.3 is 15.4 Å². The van der Waals surface area contributed by atoms with Crippen LogP contribution < -0.4 is 15.4 Å². The Balaban J connectivity index is 1.75. The summed E-state index contributed by atoms with van der Waals surface area (Å²) in [5, 5.41) is 6.19. The topological polar surface area (TPSA) is 63.2 Å². The van der Waals surface area contributed by atoms with Crippen LogP contribution in [0.2, 0.25) is 5.15 Å². The molecule has 1 heterocycles. The minimum atomic E-state index is -0.435. The van der Waals surface area contributed by atoms with Crippen molar-refractivity contribution in [2.75, 3.05) is 17.7 Å². The Morgan fingerprint density at radius 3 is 2.57 bits per heavy atom. The molecule has 3 rings (SSSR count). The van der Waals surface area contributed by atoms with Gasteiger partial charge in [-0.3, -0.25) is 4.79 Å². The van der Waals surface area contributed by atoms with Crippen molar-refractivity contribution in [3.05, 3.63) is 82.3 Å². The van der Waals surface area contributed by atoms with Crippen molar-refractivity contribution in [3.8, 4) is 5.75 Å². The van der Waals surface area contributed by atoms with Gasteiger partial charge in [0.15, 0.2) is 5.82 Å². The Morgan fingerprint density at radius 1 is 1.14 bits per heavy atom. The van der Waals surface area contributed by atoms with Gasteiger partial charge in [0.2, 0.25) is 0 Å². The Labute approximate surface area is 167 Å². The van der Waals surface area contributed by atoms with Gasteiger partial charge >= 0.3 is 0 Å². The van der Waals surface area contributed by atoms with Crippen molar-refractivity contribution < 1.29 is 13.9 Å². The molecule has 0 atom stereocenters. The number of nitrogens with one attached hydrogen (secondary N) is 2. The summed E-state index contributed by atoms with van der Waals surface area (Å²) >= 11 is 6.00. The molecular formula is C21H19ClFN3O2. The maximum Gasteiger partial charge on any atom is 0.255 e. The molecule has 0 fully saturated rings. The molecule has 3 aromatic rings. The van der Waals surface area contributed by atoms with Gasteiger partial charge in [0.25, 0.3) is 5.91 Å². The fourth-order valence-corrected chi connectivity index (χ4v) is 2.68. The van der Waals surface area contributed by atoms with E-state index in [4.69, 9.17) is 16.3 Å². The van der Waals surface area contributed by atoms with E-state index in [0.29, 0.717) is 23.6 Å². The number of amides is 1. The summed E-state index contributed by atoms with van der Waals surface area (Å²) in [5.41, 5.74) is 2.15. The number of carbonyl (C=O) groups is 1. The summed E-state index contributed by atoms with van der Waals surface area (Å²) in [5.74, 6) is 0.322. The highest BCUT2D eigenvalue weighted by molar-refractivity contribution is 6.29. The highest BCUT2D eigenvalue weighted by atomic mass is 35.5. The monoisotopic (exact) mass is 399 g/mol. The van der Waals surface area contributed by atoms with Crippen LogP contribution in [0, 0.1) is 12.7 Å². The zero-order valence-corrected chi connectivity index (χ0v) is 16.2. The largest absolute Gasteiger partial charge is 0.497 e. The molecule has 1 amide bonds. The second kappa shape index (κ2) is 8.71. The van der Waals surface area contributed by atoms with E-state index in [1.54, 1.807) is 38.3 Å². The van der Waals surface area contributed by atoms with E-state index in [-0.39, 0.29) is 10.7 Å². The van der Waals surface area contributed by atoms with Crippen LogP contribution in [-0.4, -0.2) is 18.0 Å². The van der Waals surface area contributed by atoms with Crippen molar-refractivity contribution >= 4 is 29.0 Å². The Hall–Kier alpha value is -3.12. The molecule has 0 radical (unpaired) electrons. The second-order valence-electron chi connectivity index (χ2n) is 6.15. The molecule has 28 heavy (non-hydrogen) atoms. The van der Waals surface area contributed by atoms with Gasteiger partial charge in [-0.05, 0) is 54.4 Å². The molecule has 1 aromatic heterocycles. The van der Waals surface area contributed by atoms with Gasteiger partial charge in [0.1, 0.15) is 16.7 Å². The van der Waals surface area contributed by atoms with E-state index in [1.165, 1.54) is 6.07 Å². The first-order chi connectivity index (χ1) is 13.5. The number of pyridine rings is 1. The third-order valence-corrected chi connectivity index (χ3v) is 4.37. The number of carbonyl (C=O) groups excluding carboxylic acids is 1. The third kappa shape index (κ3) is 4.78. The predicted octanol–water partition coefficient (Wildman–Crippen LogP) is 5.06. The molecule has 0 aliphatic heterocycles. The van der Waals surface area contributed by atoms with E-state index in [0.717, 1.165) is 11.3 Å². The van der Waals surface area contributed by atoms with Crippen molar-refractivity contribution in [1.82, 2.24) is 4.98 Å². The number of methoxy groups -OCH3 is 1. The Kier molecular flexibility index (Phi) is 6.11. The molecule has 0 aliphatic rings. The summed E-state index contributed by atoms with van der Waals surface area (Å²) in [6.07, 6.45) is 0. The average molecular weight is 400 g/mol. The molecule has 5 nitrogen and oxygen atoms in total. The molecule has 0 saturated heterocycles. The first-order valence-corrected chi connectivity index (χ1v) is 8.95. The van der Waals surface area contributed by atoms with E-state index >= 15 is 0 Å². The van der Waals surface area contributed by atoms with Crippen LogP contribution in [0.5, 0.6) is 5.75 Å². The first kappa shape index (κ1) is 19.6. The zero-order valence-electron chi connectivity index (χ0n) is 15.4. The van der Waals surface area contributed by atoms with E-state index < -0.39 is 11.7 Å². The van der Waals surface area contributed by atoms with Crippen molar-refractivity contribution in [1.29, 1.82) is 0 Å². The number of halogens is 2. The number of benzene rings is 2. The molecule has 144 valence electrons. The molecule has 2 N–H and O–H groups in total. The van der Waals surface area contributed by atoms with Crippen LogP contribution in [0.4, 0.5) is 15.9 Å². The average Bonchev–Trinajstić information content (AvgIpc) is 2.70. The molecule has 0 saturated carbocycles. The van der Waals surface area contributed by atoms with Gasteiger partial charge in [0.05, 0.1) is 12.8 Å². The second-order valence-corrected chi connectivity index (χ2v) is 6.54. The lowest BCUT2D eigenvalue weighted by Gasteiger charge is -2.13. The van der Waals surface area contributed by atoms with Crippen molar-refractivity contribution in [2.45, 2.75) is 13.5 Å². The summed E-state index contributed by atoms with van der Waals surface area (Å²) in [6.45, 7) is 2.11. The molecule has 0 aliphatic carbocycles. The summed E-state index contributed by atoms with van der Waals surface area (Å²) < 4.78 is 18.9. The van der Waals surface area contributed by atoms with Crippen LogP contribution in [0.15, 0.2) is 54.6 Å². The van der Waals surface area contributed by atoms with Crippen molar-refractivity contribution in [3.63, 3.8) is 0 Å². The highest BCUT2D eigenvalue weighted by Crippen LogP contribution is 2.24. The van der Waals surface area contributed by atoms with Crippen LogP contribution >= 0.6 is 11.6 Å². The van der Waals surface area contributed by atoms with Crippen LogP contribution in [0.25, 0.3) is 0 Å². The standard InChI is InChI=1S/C21H19ClFN3O2/c1-13-3-6-15(11-17(13)23)21(27)25-18-9-10-19(22)26-20(18)24-12-14-4-7-16(28-2)8-5-14/h3-11H,12H2,1-2H3,(H,24,26)(H,25,27). The summed E-state index contributed by atoms with van der Waals surface area (Å²) in [7, 11) is 1.61. The number of aromatic nitrogens is 1. The van der Waals surface area contributed by atoms with Gasteiger partial charge in [-0.2, -0.15) is 0 Å². The maximum atomic E-state index is 13.7. The van der Waals surface area contributed by atoms with Crippen LogP contribution in [0.3, 0.4) is 0 Å². The minimum Gasteiger partial charge on any atom is -0.497 e. The normalized spacial score (nSPS) is 10.4. The number of aryl methyl sites for hydroxylation is 1. The number of rotatable bonds is 6. The quantitative estimate of drug-likeness (QED) is 0.569. The lowest BCUT2D eigenvalue weighted by Crippen LogP contribution is -2.15. The van der Waals surface area contributed by atoms with E-state index in [1.807, 2.05) is 24.3 Å². The lowest BCUT2D eigenvalue weighted by molar-refractivity contribution is 0.102. The predicted molar refractivity (Wildman–Crippen MR) is 109 cm³/mol. The Bertz CT molecular complexity index is 993. The van der Waals surface area contributed by atoms with Crippen LogP contribution in [0.1, 0.15) is 21.5 Å². The SMILES string of the molecule is COc1ccc(CNc2nc(Cl)ccc2NC(=O)c2ccc(C)c(F)c2)cc1. The number of ether oxygens (including phenoxy) is 1. The Morgan fingerprint density at radius 2 is 1.89 bits per heavy atom. The van der Waals surface area contributed by atoms with Crippen molar-refractivity contribution in [2.24, 2.45) is 0 Å². The number of anilines is 2. The van der Waals surface area contributed by atoms with E-state index in [9.17, 15) is 9.18 Å². The molecule has 0 spiro atoms. The molecule has 0 unspecified atom stereocenters. The molecule has 0 bridgehead atoms. The molecule has 7 heteroatoms. The molecular weight excluding hydrogens is 381 g/mol. The van der Waals surface area contributed by atoms with Crippen LogP contribution in [-0.2, 0) is 6.54 Å². The lowest BCUT2D eigenvalue weighted by atomic mass is 10.1. The zero-order chi connectivity index (χ0) is 20.1. The maximum absolute atomic E-state index is 13.7. The number of hydrogen-bond acceptors (Lipinski definition) is 4. The van der Waals surface area contributed by atoms with Gasteiger partial charge in [-0.15, -0.1) is 0 Å². The molecule has 2 aromatic carbocycles. The fraction of sp³-hybridized carbons (Fsp3) is 0.143.